The first-order valence-electron chi connectivity index (χ1n) is 10.8. The number of unbranched alkanes of at least 4 members (excludes halogenated alkanes) is 3. The van der Waals surface area contributed by atoms with Gasteiger partial charge in [0.2, 0.25) is 11.8 Å². The molecule has 0 aromatic heterocycles. The van der Waals surface area contributed by atoms with Crippen LogP contribution < -0.4 is 10.6 Å². The fraction of sp³-hybridized carbons (Fsp3) is 0.818. The lowest BCUT2D eigenvalue weighted by Gasteiger charge is -2.37. The molecule has 174 valence electrons. The fourth-order valence-electron chi connectivity index (χ4n) is 2.77. The highest BCUT2D eigenvalue weighted by molar-refractivity contribution is 5.92. The second-order valence-electron chi connectivity index (χ2n) is 9.40. The van der Waals surface area contributed by atoms with Gasteiger partial charge in [0.1, 0.15) is 6.04 Å². The summed E-state index contributed by atoms with van der Waals surface area (Å²) >= 11 is 0. The minimum absolute atomic E-state index is 0.0344. The van der Waals surface area contributed by atoms with Crippen molar-refractivity contribution in [3.63, 3.8) is 0 Å². The minimum Gasteiger partial charge on any atom is -0.481 e. The van der Waals surface area contributed by atoms with Crippen molar-refractivity contribution in [2.75, 3.05) is 6.54 Å². The molecule has 0 aromatic rings. The number of hydrogen-bond donors (Lipinski definition) is 4. The first-order chi connectivity index (χ1) is 13.7. The molecule has 0 heterocycles. The maximum Gasteiger partial charge on any atom is 0.326 e. The zero-order valence-electron chi connectivity index (χ0n) is 19.3. The molecule has 30 heavy (non-hydrogen) atoms. The van der Waals surface area contributed by atoms with Crippen LogP contribution in [0.15, 0.2) is 0 Å². The van der Waals surface area contributed by atoms with E-state index >= 15 is 0 Å². The Morgan fingerprint density at radius 1 is 0.833 bits per heavy atom. The van der Waals surface area contributed by atoms with Crippen molar-refractivity contribution in [3.8, 4) is 0 Å². The molecule has 0 bridgehead atoms. The summed E-state index contributed by atoms with van der Waals surface area (Å²) in [4.78, 5) is 47.5. The molecule has 0 saturated heterocycles. The number of aliphatic carboxylic acids is 2. The molecule has 0 saturated carbocycles. The van der Waals surface area contributed by atoms with Crippen LogP contribution in [0, 0.1) is 16.7 Å². The quantitative estimate of drug-likeness (QED) is 0.296. The molecule has 0 spiro atoms. The maximum absolute atomic E-state index is 12.6. The van der Waals surface area contributed by atoms with E-state index in [1.165, 1.54) is 40.5 Å². The molecule has 1 unspecified atom stereocenters. The SMILES string of the molecule is CC(C)CCCCCCNC(=O)CCC(NC(=O)C(C)(C)C(C)(C)C(=O)O)C(=O)O. The van der Waals surface area contributed by atoms with Crippen molar-refractivity contribution in [1.29, 1.82) is 0 Å². The summed E-state index contributed by atoms with van der Waals surface area (Å²) < 4.78 is 0. The maximum atomic E-state index is 12.6. The van der Waals surface area contributed by atoms with Crippen LogP contribution >= 0.6 is 0 Å². The average molecular weight is 429 g/mol. The molecule has 8 heteroatoms. The molecular formula is C22H40N2O6. The summed E-state index contributed by atoms with van der Waals surface area (Å²) in [6, 6.07) is -1.26. The largest absolute Gasteiger partial charge is 0.481 e. The Morgan fingerprint density at radius 2 is 1.40 bits per heavy atom. The molecule has 0 aliphatic carbocycles. The third-order valence-corrected chi connectivity index (χ3v) is 5.96. The van der Waals surface area contributed by atoms with E-state index < -0.39 is 34.7 Å². The Kier molecular flexibility index (Phi) is 11.7. The van der Waals surface area contributed by atoms with E-state index in [-0.39, 0.29) is 18.7 Å². The lowest BCUT2D eigenvalue weighted by molar-refractivity contribution is -0.160. The molecule has 0 radical (unpaired) electrons. The number of carboxylic acids is 2. The number of carboxylic acid groups (broad SMARTS) is 2. The molecular weight excluding hydrogens is 388 g/mol. The minimum atomic E-state index is -1.40. The second-order valence-corrected chi connectivity index (χ2v) is 9.40. The van der Waals surface area contributed by atoms with Crippen molar-refractivity contribution in [2.45, 2.75) is 92.5 Å². The van der Waals surface area contributed by atoms with Gasteiger partial charge in [-0.1, -0.05) is 39.5 Å². The molecule has 0 aromatic carbocycles. The van der Waals surface area contributed by atoms with Gasteiger partial charge < -0.3 is 20.8 Å². The smallest absolute Gasteiger partial charge is 0.326 e. The van der Waals surface area contributed by atoms with Gasteiger partial charge in [0.05, 0.1) is 10.8 Å². The third kappa shape index (κ3) is 9.13. The lowest BCUT2D eigenvalue weighted by Crippen LogP contribution is -2.54. The van der Waals surface area contributed by atoms with Crippen molar-refractivity contribution in [2.24, 2.45) is 16.7 Å². The van der Waals surface area contributed by atoms with Crippen LogP contribution in [0.2, 0.25) is 0 Å². The van der Waals surface area contributed by atoms with Gasteiger partial charge in [0.15, 0.2) is 0 Å². The van der Waals surface area contributed by atoms with Crippen LogP contribution in [0.3, 0.4) is 0 Å². The monoisotopic (exact) mass is 428 g/mol. The van der Waals surface area contributed by atoms with Gasteiger partial charge in [-0.25, -0.2) is 4.79 Å². The van der Waals surface area contributed by atoms with Gasteiger partial charge in [-0.15, -0.1) is 0 Å². The van der Waals surface area contributed by atoms with Crippen LogP contribution in [0.1, 0.15) is 86.5 Å². The van der Waals surface area contributed by atoms with Crippen LogP contribution in [-0.2, 0) is 19.2 Å². The number of nitrogens with one attached hydrogen (secondary N) is 2. The second kappa shape index (κ2) is 12.5. The van der Waals surface area contributed by atoms with E-state index in [1.807, 2.05) is 0 Å². The molecule has 0 aliphatic heterocycles. The van der Waals surface area contributed by atoms with E-state index in [9.17, 15) is 29.4 Å². The summed E-state index contributed by atoms with van der Waals surface area (Å²) in [6.07, 6.45) is 5.33. The Hall–Kier alpha value is -2.12. The van der Waals surface area contributed by atoms with E-state index in [2.05, 4.69) is 24.5 Å². The van der Waals surface area contributed by atoms with Gasteiger partial charge in [0.25, 0.3) is 0 Å². The highest BCUT2D eigenvalue weighted by Crippen LogP contribution is 2.39. The summed E-state index contributed by atoms with van der Waals surface area (Å²) in [5.41, 5.74) is -2.74. The van der Waals surface area contributed by atoms with Crippen LogP contribution in [0.25, 0.3) is 0 Å². The third-order valence-electron chi connectivity index (χ3n) is 5.96. The van der Waals surface area contributed by atoms with Crippen molar-refractivity contribution in [1.82, 2.24) is 10.6 Å². The highest BCUT2D eigenvalue weighted by Gasteiger charge is 2.49. The Balaban J connectivity index is 4.48. The number of amides is 2. The molecule has 0 fully saturated rings. The van der Waals surface area contributed by atoms with Crippen LogP contribution in [0.5, 0.6) is 0 Å². The van der Waals surface area contributed by atoms with Gasteiger partial charge in [0, 0.05) is 13.0 Å². The van der Waals surface area contributed by atoms with E-state index in [4.69, 9.17) is 0 Å². The predicted octanol–water partition coefficient (Wildman–Crippen LogP) is 3.20. The Labute approximate surface area is 180 Å². The number of hydrogen-bond acceptors (Lipinski definition) is 4. The zero-order valence-corrected chi connectivity index (χ0v) is 19.3. The standard InChI is InChI=1S/C22H40N2O6/c1-15(2)11-9-7-8-10-14-23-17(25)13-12-16(18(26)27)24-19(28)21(3,4)22(5,6)20(29)30/h15-16H,7-14H2,1-6H3,(H,23,25)(H,24,28)(H,26,27)(H,29,30). The lowest BCUT2D eigenvalue weighted by atomic mass is 9.67. The zero-order chi connectivity index (χ0) is 23.5. The number of carbonyl (C=O) groups excluding carboxylic acids is 2. The van der Waals surface area contributed by atoms with Gasteiger partial charge in [-0.3, -0.25) is 14.4 Å². The number of rotatable bonds is 15. The van der Waals surface area contributed by atoms with E-state index in [0.717, 1.165) is 19.3 Å². The first kappa shape index (κ1) is 27.9. The average Bonchev–Trinajstić information content (AvgIpc) is 2.63. The molecule has 8 nitrogen and oxygen atoms in total. The fourth-order valence-corrected chi connectivity index (χ4v) is 2.77. The number of carbonyl (C=O) groups is 4. The van der Waals surface area contributed by atoms with E-state index in [0.29, 0.717) is 12.5 Å². The summed E-state index contributed by atoms with van der Waals surface area (Å²) in [5, 5.41) is 23.9. The molecule has 2 amide bonds. The molecule has 1 atom stereocenters. The van der Waals surface area contributed by atoms with E-state index in [1.54, 1.807) is 0 Å². The first-order valence-corrected chi connectivity index (χ1v) is 10.8. The van der Waals surface area contributed by atoms with Crippen LogP contribution in [0.4, 0.5) is 0 Å². The highest BCUT2D eigenvalue weighted by atomic mass is 16.4. The summed E-state index contributed by atoms with van der Waals surface area (Å²) in [6.45, 7) is 10.7. The summed E-state index contributed by atoms with van der Waals surface area (Å²) in [7, 11) is 0. The predicted molar refractivity (Wildman–Crippen MR) is 115 cm³/mol. The normalized spacial score (nSPS) is 13.0. The topological polar surface area (TPSA) is 133 Å². The Bertz CT molecular complexity index is 598. The van der Waals surface area contributed by atoms with Gasteiger partial charge >= 0.3 is 11.9 Å². The van der Waals surface area contributed by atoms with Crippen molar-refractivity contribution < 1.29 is 29.4 Å². The van der Waals surface area contributed by atoms with Gasteiger partial charge in [-0.2, -0.15) is 0 Å². The Morgan fingerprint density at radius 3 is 1.90 bits per heavy atom. The van der Waals surface area contributed by atoms with Crippen molar-refractivity contribution in [3.05, 3.63) is 0 Å². The summed E-state index contributed by atoms with van der Waals surface area (Å²) in [5.74, 6) is -2.65. The van der Waals surface area contributed by atoms with Gasteiger partial charge in [-0.05, 0) is 46.5 Å². The molecule has 0 aliphatic rings. The van der Waals surface area contributed by atoms with Crippen LogP contribution in [-0.4, -0.2) is 46.6 Å². The molecule has 0 rings (SSSR count). The van der Waals surface area contributed by atoms with Crippen molar-refractivity contribution >= 4 is 23.8 Å². The molecule has 4 N–H and O–H groups in total.